The number of carbonyl (C=O) groups is 1. The van der Waals surface area contributed by atoms with Gasteiger partial charge in [-0.2, -0.15) is 0 Å². The first kappa shape index (κ1) is 39.0. The summed E-state index contributed by atoms with van der Waals surface area (Å²) >= 11 is 0. The summed E-state index contributed by atoms with van der Waals surface area (Å²) in [6, 6.07) is 20.8. The topological polar surface area (TPSA) is 81.5 Å². The van der Waals surface area contributed by atoms with Gasteiger partial charge in [-0.1, -0.05) is 30.3 Å². The normalized spacial score (nSPS) is 18.0. The molecule has 0 spiro atoms. The zero-order valence-corrected chi connectivity index (χ0v) is 31.6. The van der Waals surface area contributed by atoms with E-state index in [4.69, 9.17) is 19.2 Å². The van der Waals surface area contributed by atoms with Gasteiger partial charge >= 0.3 is 0 Å². The predicted octanol–water partition coefficient (Wildman–Crippen LogP) is 6.45. The third-order valence-electron chi connectivity index (χ3n) is 10.2. The number of para-hydroxylation sites is 2. The van der Waals surface area contributed by atoms with Gasteiger partial charge in [-0.3, -0.25) is 4.79 Å². The van der Waals surface area contributed by atoms with Gasteiger partial charge in [0.2, 0.25) is 11.9 Å². The molecule has 2 fully saturated rings. The second-order valence-electron chi connectivity index (χ2n) is 13.7. The maximum Gasteiger partial charge on any atom is 0.229 e. The van der Waals surface area contributed by atoms with Crippen LogP contribution in [0.25, 0.3) is 11.0 Å². The zero-order chi connectivity index (χ0) is 36.9. The highest BCUT2D eigenvalue weighted by Gasteiger charge is 2.46. The number of nitrogens with zero attached hydrogens (tertiary/aromatic N) is 5. The van der Waals surface area contributed by atoms with E-state index in [2.05, 4.69) is 37.3 Å². The van der Waals surface area contributed by atoms with E-state index in [1.165, 1.54) is 12.1 Å². The van der Waals surface area contributed by atoms with Crippen LogP contribution in [0.2, 0.25) is 0 Å². The third kappa shape index (κ3) is 9.61. The standard InChI is InChI=1S/C39H50FN5O4.C2H6O/c1-4-49-26-25-45-34-10-6-5-9-33(34)41-38(45)43-21-8-20-42(23-24-43)19-7-17-39(28-30-11-14-32(40)15-12-30)18-22-44(37(39)46)29-31-13-16-35(47-2)36(27-31)48-3;1-3-2/h5-6,9-16,27H,4,7-8,17-26,28-29H2,1-3H3;1-2H3. The number of amides is 1. The average molecular weight is 718 g/mol. The summed E-state index contributed by atoms with van der Waals surface area (Å²) in [5, 5.41) is 0. The Hall–Kier alpha value is -4.19. The van der Waals surface area contributed by atoms with Crippen LogP contribution in [0.1, 0.15) is 43.7 Å². The molecule has 3 heterocycles. The van der Waals surface area contributed by atoms with Crippen molar-refractivity contribution >= 4 is 22.9 Å². The van der Waals surface area contributed by atoms with Crippen molar-refractivity contribution in [2.45, 2.75) is 52.1 Å². The number of imidazole rings is 1. The van der Waals surface area contributed by atoms with Crippen LogP contribution < -0.4 is 14.4 Å². The monoisotopic (exact) mass is 717 g/mol. The number of rotatable bonds is 15. The van der Waals surface area contributed by atoms with Crippen molar-refractivity contribution in [1.29, 1.82) is 0 Å². The molecule has 1 amide bonds. The highest BCUT2D eigenvalue weighted by atomic mass is 19.1. The molecule has 0 aliphatic carbocycles. The van der Waals surface area contributed by atoms with Crippen molar-refractivity contribution in [3.8, 4) is 11.5 Å². The molecular formula is C41H56FN5O5. The molecule has 52 heavy (non-hydrogen) atoms. The Morgan fingerprint density at radius 2 is 1.60 bits per heavy atom. The van der Waals surface area contributed by atoms with Gasteiger partial charge in [0, 0.05) is 60.1 Å². The molecule has 0 radical (unpaired) electrons. The van der Waals surface area contributed by atoms with Gasteiger partial charge in [-0.25, -0.2) is 9.37 Å². The SMILES string of the molecule is CCOCCn1c(N2CCCN(CCCC3(Cc4ccc(F)cc4)CCN(Cc4ccc(OC)c(OC)c4)C3=O)CC2)nc2ccccc21.COC. The minimum absolute atomic E-state index is 0.180. The zero-order valence-electron chi connectivity index (χ0n) is 31.6. The van der Waals surface area contributed by atoms with Gasteiger partial charge in [-0.15, -0.1) is 0 Å². The lowest BCUT2D eigenvalue weighted by atomic mass is 9.76. The third-order valence-corrected chi connectivity index (χ3v) is 10.2. The van der Waals surface area contributed by atoms with Crippen LogP contribution in [0.3, 0.4) is 0 Å². The van der Waals surface area contributed by atoms with Crippen LogP contribution in [0.15, 0.2) is 66.7 Å². The van der Waals surface area contributed by atoms with Gasteiger partial charge in [0.1, 0.15) is 5.82 Å². The number of benzene rings is 3. The van der Waals surface area contributed by atoms with Gasteiger partial charge in [0.05, 0.1) is 37.3 Å². The molecule has 4 aromatic rings. The molecule has 282 valence electrons. The molecule has 6 rings (SSSR count). The van der Waals surface area contributed by atoms with Crippen LogP contribution in [0.4, 0.5) is 10.3 Å². The number of anilines is 1. The first-order valence-electron chi connectivity index (χ1n) is 18.5. The smallest absolute Gasteiger partial charge is 0.229 e. The Bertz CT molecular complexity index is 1720. The lowest BCUT2D eigenvalue weighted by molar-refractivity contribution is -0.137. The molecule has 0 saturated carbocycles. The number of fused-ring (bicyclic) bond motifs is 1. The molecular weight excluding hydrogens is 661 g/mol. The number of halogens is 1. The fourth-order valence-corrected chi connectivity index (χ4v) is 7.58. The van der Waals surface area contributed by atoms with Crippen molar-refractivity contribution in [2.24, 2.45) is 5.41 Å². The molecule has 0 N–H and O–H groups in total. The highest BCUT2D eigenvalue weighted by molar-refractivity contribution is 5.85. The maximum absolute atomic E-state index is 14.3. The van der Waals surface area contributed by atoms with E-state index < -0.39 is 5.41 Å². The van der Waals surface area contributed by atoms with Crippen LogP contribution in [0, 0.1) is 11.2 Å². The lowest BCUT2D eigenvalue weighted by Gasteiger charge is -2.30. The molecule has 1 unspecified atom stereocenters. The number of aromatic nitrogens is 2. The predicted molar refractivity (Wildman–Crippen MR) is 204 cm³/mol. The molecule has 10 nitrogen and oxygen atoms in total. The highest BCUT2D eigenvalue weighted by Crippen LogP contribution is 2.41. The minimum atomic E-state index is -0.516. The van der Waals surface area contributed by atoms with E-state index in [0.717, 1.165) is 93.1 Å². The summed E-state index contributed by atoms with van der Waals surface area (Å²) in [5.41, 5.74) is 3.65. The fraction of sp³-hybridized carbons (Fsp3) is 0.512. The van der Waals surface area contributed by atoms with Crippen LogP contribution >= 0.6 is 0 Å². The Morgan fingerprint density at radius 3 is 2.35 bits per heavy atom. The van der Waals surface area contributed by atoms with Gasteiger partial charge in [-0.05, 0) is 99.6 Å². The largest absolute Gasteiger partial charge is 0.493 e. The van der Waals surface area contributed by atoms with Crippen molar-refractivity contribution in [3.63, 3.8) is 0 Å². The summed E-state index contributed by atoms with van der Waals surface area (Å²) in [6.07, 6.45) is 4.15. The summed E-state index contributed by atoms with van der Waals surface area (Å²) in [5.74, 6) is 2.27. The first-order chi connectivity index (χ1) is 25.3. The number of likely N-dealkylation sites (tertiary alicyclic amines) is 1. The van der Waals surface area contributed by atoms with Gasteiger partial charge < -0.3 is 38.2 Å². The summed E-state index contributed by atoms with van der Waals surface area (Å²) in [4.78, 5) is 26.3. The fourth-order valence-electron chi connectivity index (χ4n) is 7.58. The van der Waals surface area contributed by atoms with Crippen LogP contribution in [-0.2, 0) is 33.8 Å². The Balaban J connectivity index is 0.00000168. The lowest BCUT2D eigenvalue weighted by Crippen LogP contribution is -2.37. The van der Waals surface area contributed by atoms with E-state index in [-0.39, 0.29) is 11.7 Å². The molecule has 2 saturated heterocycles. The molecule has 0 bridgehead atoms. The summed E-state index contributed by atoms with van der Waals surface area (Å²) in [6.45, 7) is 10.1. The van der Waals surface area contributed by atoms with E-state index in [1.807, 2.05) is 48.2 Å². The summed E-state index contributed by atoms with van der Waals surface area (Å²) < 4.78 is 37.0. The summed E-state index contributed by atoms with van der Waals surface area (Å²) in [7, 11) is 6.49. The Labute approximate surface area is 308 Å². The number of carbonyl (C=O) groups excluding carboxylic acids is 1. The Kier molecular flexibility index (Phi) is 14.3. The van der Waals surface area contributed by atoms with Crippen molar-refractivity contribution < 1.29 is 28.1 Å². The average Bonchev–Trinajstić information content (AvgIpc) is 3.55. The molecule has 1 atom stereocenters. The number of methoxy groups -OCH3 is 3. The molecule has 2 aliphatic rings. The minimum Gasteiger partial charge on any atom is -0.493 e. The van der Waals surface area contributed by atoms with E-state index >= 15 is 0 Å². The van der Waals surface area contributed by atoms with E-state index in [9.17, 15) is 9.18 Å². The van der Waals surface area contributed by atoms with Gasteiger partial charge in [0.25, 0.3) is 0 Å². The second kappa shape index (κ2) is 19.0. The number of hydrogen-bond acceptors (Lipinski definition) is 8. The van der Waals surface area contributed by atoms with Crippen LogP contribution in [-0.4, -0.2) is 106 Å². The van der Waals surface area contributed by atoms with Gasteiger partial charge in [0.15, 0.2) is 11.5 Å². The van der Waals surface area contributed by atoms with Crippen molar-refractivity contribution in [1.82, 2.24) is 19.4 Å². The Morgan fingerprint density at radius 1 is 0.846 bits per heavy atom. The van der Waals surface area contributed by atoms with Crippen molar-refractivity contribution in [3.05, 3.63) is 83.7 Å². The first-order valence-corrected chi connectivity index (χ1v) is 18.5. The second-order valence-corrected chi connectivity index (χ2v) is 13.7. The van der Waals surface area contributed by atoms with E-state index in [1.54, 1.807) is 28.4 Å². The number of ether oxygens (including phenoxy) is 4. The molecule has 2 aliphatic heterocycles. The van der Waals surface area contributed by atoms with Crippen LogP contribution in [0.5, 0.6) is 11.5 Å². The quantitative estimate of drug-likeness (QED) is 0.130. The van der Waals surface area contributed by atoms with E-state index in [0.29, 0.717) is 44.2 Å². The van der Waals surface area contributed by atoms with Crippen molar-refractivity contribution in [2.75, 3.05) is 85.8 Å². The molecule has 3 aromatic carbocycles. The number of hydrogen-bond donors (Lipinski definition) is 0. The molecule has 1 aromatic heterocycles. The maximum atomic E-state index is 14.3. The molecule has 11 heteroatoms.